The van der Waals surface area contributed by atoms with Gasteiger partial charge in [0.05, 0.1) is 12.3 Å². The molecule has 2 aliphatic rings. The molecule has 0 N–H and O–H groups in total. The minimum Gasteiger partial charge on any atom is -0.362 e. The summed E-state index contributed by atoms with van der Waals surface area (Å²) >= 11 is 0. The predicted molar refractivity (Wildman–Crippen MR) is 130 cm³/mol. The highest BCUT2D eigenvalue weighted by atomic mass is 32.3. The summed E-state index contributed by atoms with van der Waals surface area (Å²) in [5.41, 5.74) is 7.21. The van der Waals surface area contributed by atoms with Gasteiger partial charge in [-0.25, -0.2) is 4.18 Å². The molecule has 1 fully saturated rings. The van der Waals surface area contributed by atoms with Crippen molar-refractivity contribution in [2.75, 3.05) is 26.2 Å². The van der Waals surface area contributed by atoms with Crippen molar-refractivity contribution in [3.8, 4) is 5.75 Å². The van der Waals surface area contributed by atoms with E-state index in [9.17, 15) is 8.42 Å². The summed E-state index contributed by atoms with van der Waals surface area (Å²) in [5, 5.41) is 0. The third kappa shape index (κ3) is 5.83. The highest BCUT2D eigenvalue weighted by Crippen LogP contribution is 2.39. The van der Waals surface area contributed by atoms with Crippen LogP contribution in [0.5, 0.6) is 5.75 Å². The number of benzene rings is 1. The second-order valence-electron chi connectivity index (χ2n) is 8.82. The molecule has 2 heterocycles. The number of fused-ring (bicyclic) bond motifs is 2. The number of nitrogens with zero attached hydrogens (tertiary/aromatic N) is 2. The maximum Gasteiger partial charge on any atom is 0.449 e. The third-order valence-corrected chi connectivity index (χ3v) is 7.26. The molecule has 1 aromatic carbocycles. The molecule has 4 rings (SSSR count). The molecule has 0 saturated carbocycles. The van der Waals surface area contributed by atoms with Crippen LogP contribution in [0.1, 0.15) is 68.3 Å². The highest BCUT2D eigenvalue weighted by Gasteiger charge is 2.25. The van der Waals surface area contributed by atoms with Gasteiger partial charge in [0, 0.05) is 24.9 Å². The van der Waals surface area contributed by atoms with Crippen molar-refractivity contribution in [3.63, 3.8) is 0 Å². The van der Waals surface area contributed by atoms with Crippen molar-refractivity contribution >= 4 is 16.0 Å². The Hall–Kier alpha value is -2.22. The lowest BCUT2D eigenvalue weighted by Gasteiger charge is -2.30. The number of hydrogen-bond donors (Lipinski definition) is 0. The Balaban J connectivity index is 1.68. The summed E-state index contributed by atoms with van der Waals surface area (Å²) in [6, 6.07) is 9.74. The molecule has 0 atom stereocenters. The Morgan fingerprint density at radius 2 is 1.79 bits per heavy atom. The summed E-state index contributed by atoms with van der Waals surface area (Å²) in [4.78, 5) is 7.36. The zero-order valence-electron chi connectivity index (χ0n) is 19.7. The van der Waals surface area contributed by atoms with E-state index in [2.05, 4.69) is 17.9 Å². The van der Waals surface area contributed by atoms with Crippen LogP contribution in [0.3, 0.4) is 0 Å². The average molecular weight is 471 g/mol. The minimum atomic E-state index is -4.06. The monoisotopic (exact) mass is 470 g/mol. The van der Waals surface area contributed by atoms with Crippen LogP contribution in [0.25, 0.3) is 5.57 Å². The van der Waals surface area contributed by atoms with Crippen molar-refractivity contribution in [2.24, 2.45) is 0 Å². The van der Waals surface area contributed by atoms with Crippen LogP contribution in [0, 0.1) is 0 Å². The first-order valence-electron chi connectivity index (χ1n) is 12.1. The van der Waals surface area contributed by atoms with Crippen molar-refractivity contribution in [2.45, 2.75) is 58.8 Å². The van der Waals surface area contributed by atoms with Crippen LogP contribution < -0.4 is 4.18 Å². The zero-order chi connectivity index (χ0) is 23.3. The number of aryl methyl sites for hydroxylation is 2. The Bertz CT molecular complexity index is 1100. The molecule has 1 aliphatic carbocycles. The second-order valence-corrected chi connectivity index (χ2v) is 10.0. The first kappa shape index (κ1) is 23.9. The average Bonchev–Trinajstić information content (AvgIpc) is 2.98. The topological polar surface area (TPSA) is 68.7 Å². The number of hydrogen-bond acceptors (Lipinski definition) is 6. The lowest BCUT2D eigenvalue weighted by Crippen LogP contribution is -2.32. The van der Waals surface area contributed by atoms with Gasteiger partial charge in [-0.3, -0.25) is 4.98 Å². The van der Waals surface area contributed by atoms with E-state index in [0.717, 1.165) is 55.6 Å². The van der Waals surface area contributed by atoms with E-state index in [0.29, 0.717) is 12.2 Å². The lowest BCUT2D eigenvalue weighted by atomic mass is 9.88. The van der Waals surface area contributed by atoms with Crippen LogP contribution >= 0.6 is 0 Å². The Labute approximate surface area is 198 Å². The summed E-state index contributed by atoms with van der Waals surface area (Å²) in [7, 11) is -4.06. The largest absolute Gasteiger partial charge is 0.449 e. The molecule has 178 valence electrons. The maximum absolute atomic E-state index is 12.1. The van der Waals surface area contributed by atoms with Gasteiger partial charge in [-0.1, -0.05) is 38.0 Å². The number of aromatic nitrogens is 1. The quantitative estimate of drug-likeness (QED) is 0.545. The van der Waals surface area contributed by atoms with Gasteiger partial charge in [-0.2, -0.15) is 8.42 Å². The third-order valence-electron chi connectivity index (χ3n) is 6.41. The molecular formula is C26H34N2O4S. The predicted octanol–water partition coefficient (Wildman–Crippen LogP) is 4.93. The van der Waals surface area contributed by atoms with E-state index in [4.69, 9.17) is 13.4 Å². The van der Waals surface area contributed by atoms with Gasteiger partial charge in [0.1, 0.15) is 5.75 Å². The molecule has 0 amide bonds. The second kappa shape index (κ2) is 10.8. The van der Waals surface area contributed by atoms with Gasteiger partial charge in [0.15, 0.2) is 0 Å². The molecule has 1 saturated heterocycles. The highest BCUT2D eigenvalue weighted by molar-refractivity contribution is 7.82. The van der Waals surface area contributed by atoms with E-state index in [1.54, 1.807) is 6.07 Å². The Morgan fingerprint density at radius 3 is 2.55 bits per heavy atom. The number of likely N-dealkylation sites (tertiary alicyclic amines) is 1. The maximum atomic E-state index is 12.1. The van der Waals surface area contributed by atoms with Gasteiger partial charge in [-0.05, 0) is 80.0 Å². The fraction of sp³-hybridized carbons (Fsp3) is 0.500. The summed E-state index contributed by atoms with van der Waals surface area (Å²) in [6.45, 7) is 7.52. The molecule has 0 radical (unpaired) electrons. The molecule has 1 aliphatic heterocycles. The smallest absolute Gasteiger partial charge is 0.362 e. The van der Waals surface area contributed by atoms with Crippen LogP contribution in [0.2, 0.25) is 0 Å². The summed E-state index contributed by atoms with van der Waals surface area (Å²) in [5.74, 6) is 0.294. The minimum absolute atomic E-state index is 0.111. The van der Waals surface area contributed by atoms with Gasteiger partial charge in [-0.15, -0.1) is 0 Å². The first-order chi connectivity index (χ1) is 16.0. The fourth-order valence-electron chi connectivity index (χ4n) is 4.70. The summed E-state index contributed by atoms with van der Waals surface area (Å²) in [6.07, 6.45) is 8.67. The lowest BCUT2D eigenvalue weighted by molar-refractivity contribution is 0.253. The SMILES string of the molecule is CCCCN1CCC(=C2c3ccc(OS(=O)(=O)OCCC)cc3CCc3cccnc32)CC1. The number of piperidine rings is 1. The van der Waals surface area contributed by atoms with Crippen LogP contribution in [-0.2, 0) is 27.4 Å². The van der Waals surface area contributed by atoms with Gasteiger partial charge in [0.2, 0.25) is 0 Å². The van der Waals surface area contributed by atoms with Crippen LogP contribution in [0.4, 0.5) is 0 Å². The van der Waals surface area contributed by atoms with Gasteiger partial charge < -0.3 is 9.08 Å². The van der Waals surface area contributed by atoms with E-state index >= 15 is 0 Å². The fourth-order valence-corrected chi connectivity index (χ4v) is 5.46. The summed E-state index contributed by atoms with van der Waals surface area (Å²) < 4.78 is 34.4. The molecule has 0 unspecified atom stereocenters. The number of unbranched alkanes of at least 4 members (excludes halogenated alkanes) is 1. The molecule has 2 aromatic rings. The van der Waals surface area contributed by atoms with Gasteiger partial charge in [0.25, 0.3) is 0 Å². The van der Waals surface area contributed by atoms with Crippen LogP contribution in [-0.4, -0.2) is 44.5 Å². The van der Waals surface area contributed by atoms with E-state index < -0.39 is 10.4 Å². The zero-order valence-corrected chi connectivity index (χ0v) is 20.5. The Morgan fingerprint density at radius 1 is 1.00 bits per heavy atom. The normalized spacial score (nSPS) is 16.8. The van der Waals surface area contributed by atoms with E-state index in [1.165, 1.54) is 36.1 Å². The standard InChI is InChI=1S/C26H34N2O4S/c1-3-5-15-28-16-12-20(13-17-28)25-24-11-10-23(32-33(29,30)31-18-4-2)19-22(24)9-8-21-7-6-14-27-26(21)25/h6-7,10-11,14,19H,3-5,8-9,12-13,15-18H2,1-2H3. The van der Waals surface area contributed by atoms with Crippen molar-refractivity contribution in [1.29, 1.82) is 0 Å². The van der Waals surface area contributed by atoms with Crippen LogP contribution in [0.15, 0.2) is 42.1 Å². The molecule has 1 aromatic heterocycles. The molecule has 33 heavy (non-hydrogen) atoms. The first-order valence-corrected chi connectivity index (χ1v) is 13.4. The van der Waals surface area contributed by atoms with Gasteiger partial charge >= 0.3 is 10.4 Å². The number of rotatable bonds is 8. The Kier molecular flexibility index (Phi) is 7.83. The molecule has 0 bridgehead atoms. The molecule has 7 heteroatoms. The van der Waals surface area contributed by atoms with Crippen molar-refractivity contribution in [3.05, 3.63) is 64.5 Å². The molecule has 0 spiro atoms. The molecule has 6 nitrogen and oxygen atoms in total. The van der Waals surface area contributed by atoms with Crippen molar-refractivity contribution < 1.29 is 16.8 Å². The van der Waals surface area contributed by atoms with Crippen molar-refractivity contribution in [1.82, 2.24) is 9.88 Å². The molecular weight excluding hydrogens is 436 g/mol. The van der Waals surface area contributed by atoms with E-state index in [-0.39, 0.29) is 6.61 Å². The number of pyridine rings is 1. The van der Waals surface area contributed by atoms with E-state index in [1.807, 2.05) is 31.3 Å².